The van der Waals surface area contributed by atoms with Crippen LogP contribution < -0.4 is 10.1 Å². The van der Waals surface area contributed by atoms with E-state index in [1.807, 2.05) is 36.9 Å². The Morgan fingerprint density at radius 2 is 2.24 bits per heavy atom. The Morgan fingerprint density at radius 3 is 2.81 bits per heavy atom. The van der Waals surface area contributed by atoms with Gasteiger partial charge in [-0.1, -0.05) is 12.5 Å². The summed E-state index contributed by atoms with van der Waals surface area (Å²) >= 11 is 5.42. The average molecular weight is 374 g/mol. The number of halogens is 1. The molecule has 5 heteroatoms. The molecule has 1 aromatic carbocycles. The highest BCUT2D eigenvalue weighted by Crippen LogP contribution is 2.42. The van der Waals surface area contributed by atoms with Crippen molar-refractivity contribution in [3.63, 3.8) is 0 Å². The van der Waals surface area contributed by atoms with Crippen molar-refractivity contribution in [3.05, 3.63) is 28.2 Å². The van der Waals surface area contributed by atoms with Crippen molar-refractivity contribution in [1.82, 2.24) is 5.32 Å². The smallest absolute Gasteiger partial charge is 0.133 e. The fourth-order valence-corrected chi connectivity index (χ4v) is 4.01. The number of thioether (sulfide) groups is 1. The summed E-state index contributed by atoms with van der Waals surface area (Å²) in [6.07, 6.45) is 5.58. The van der Waals surface area contributed by atoms with E-state index in [2.05, 4.69) is 27.5 Å². The summed E-state index contributed by atoms with van der Waals surface area (Å²) < 4.78 is 6.99. The third kappa shape index (κ3) is 4.88. The molecule has 0 radical (unpaired) electrons. The molecule has 1 aliphatic rings. The summed E-state index contributed by atoms with van der Waals surface area (Å²) in [6.45, 7) is 3.89. The van der Waals surface area contributed by atoms with Crippen molar-refractivity contribution in [3.8, 4) is 5.75 Å². The molecule has 0 bridgehead atoms. The third-order valence-corrected chi connectivity index (χ3v) is 6.08. The minimum absolute atomic E-state index is 0.306. The molecule has 1 aliphatic carbocycles. The van der Waals surface area contributed by atoms with Crippen molar-refractivity contribution in [2.24, 2.45) is 0 Å². The normalized spacial score (nSPS) is 18.1. The number of nitrogens with one attached hydrogen (secondary N) is 1. The number of aliphatic hydroxyl groups excluding tert-OH is 1. The van der Waals surface area contributed by atoms with E-state index >= 15 is 0 Å². The zero-order chi connectivity index (χ0) is 15.3. The van der Waals surface area contributed by atoms with Gasteiger partial charge in [0.15, 0.2) is 0 Å². The van der Waals surface area contributed by atoms with Crippen LogP contribution in [0.1, 0.15) is 24.8 Å². The first-order valence-corrected chi connectivity index (χ1v) is 9.39. The Labute approximate surface area is 140 Å². The van der Waals surface area contributed by atoms with Crippen LogP contribution >= 0.6 is 27.7 Å². The SMILES string of the molecule is CSC1(CNCC(O)COc2ccc(C)cc2Br)CCC1. The quantitative estimate of drug-likeness (QED) is 0.732. The summed E-state index contributed by atoms with van der Waals surface area (Å²) in [5.41, 5.74) is 1.18. The lowest BCUT2D eigenvalue weighted by Gasteiger charge is -2.40. The molecule has 1 atom stereocenters. The number of benzene rings is 1. The molecule has 2 N–H and O–H groups in total. The van der Waals surface area contributed by atoms with Gasteiger partial charge in [-0.15, -0.1) is 0 Å². The minimum atomic E-state index is -0.489. The molecule has 3 nitrogen and oxygen atoms in total. The predicted molar refractivity (Wildman–Crippen MR) is 93.3 cm³/mol. The maximum Gasteiger partial charge on any atom is 0.133 e. The van der Waals surface area contributed by atoms with Gasteiger partial charge >= 0.3 is 0 Å². The van der Waals surface area contributed by atoms with E-state index in [0.717, 1.165) is 16.8 Å². The fourth-order valence-electron chi connectivity index (χ4n) is 2.46. The second kappa shape index (κ2) is 7.86. The Hall–Kier alpha value is -0.230. The van der Waals surface area contributed by atoms with Crippen molar-refractivity contribution in [1.29, 1.82) is 0 Å². The molecule has 21 heavy (non-hydrogen) atoms. The molecule has 1 fully saturated rings. The first-order chi connectivity index (χ1) is 10.0. The van der Waals surface area contributed by atoms with Crippen LogP contribution in [0.4, 0.5) is 0 Å². The number of hydrogen-bond donors (Lipinski definition) is 2. The van der Waals surface area contributed by atoms with Crippen molar-refractivity contribution in [2.45, 2.75) is 37.0 Å². The zero-order valence-electron chi connectivity index (χ0n) is 12.7. The van der Waals surface area contributed by atoms with Gasteiger partial charge in [0.25, 0.3) is 0 Å². The van der Waals surface area contributed by atoms with Crippen molar-refractivity contribution >= 4 is 27.7 Å². The van der Waals surface area contributed by atoms with Gasteiger partial charge in [0.05, 0.1) is 4.47 Å². The summed E-state index contributed by atoms with van der Waals surface area (Å²) in [5, 5.41) is 13.4. The van der Waals surface area contributed by atoms with Gasteiger partial charge in [0.2, 0.25) is 0 Å². The molecular weight excluding hydrogens is 350 g/mol. The Morgan fingerprint density at radius 1 is 1.48 bits per heavy atom. The van der Waals surface area contributed by atoms with E-state index in [0.29, 0.717) is 17.9 Å². The minimum Gasteiger partial charge on any atom is -0.490 e. The van der Waals surface area contributed by atoms with E-state index in [1.165, 1.54) is 24.8 Å². The van der Waals surface area contributed by atoms with E-state index < -0.39 is 6.10 Å². The van der Waals surface area contributed by atoms with E-state index in [1.54, 1.807) is 0 Å². The van der Waals surface area contributed by atoms with Crippen LogP contribution in [-0.4, -0.2) is 41.9 Å². The van der Waals surface area contributed by atoms with Gasteiger partial charge in [-0.2, -0.15) is 11.8 Å². The largest absolute Gasteiger partial charge is 0.490 e. The highest BCUT2D eigenvalue weighted by molar-refractivity contribution is 9.10. The maximum absolute atomic E-state index is 10.0. The highest BCUT2D eigenvalue weighted by atomic mass is 79.9. The van der Waals surface area contributed by atoms with Gasteiger partial charge in [-0.25, -0.2) is 0 Å². The first-order valence-electron chi connectivity index (χ1n) is 7.37. The molecule has 1 unspecified atom stereocenters. The summed E-state index contributed by atoms with van der Waals surface area (Å²) in [7, 11) is 0. The van der Waals surface area contributed by atoms with Crippen LogP contribution in [-0.2, 0) is 0 Å². The monoisotopic (exact) mass is 373 g/mol. The van der Waals surface area contributed by atoms with E-state index in [-0.39, 0.29) is 0 Å². The molecule has 0 aliphatic heterocycles. The second-order valence-electron chi connectivity index (χ2n) is 5.77. The summed E-state index contributed by atoms with van der Waals surface area (Å²) in [4.78, 5) is 0. The van der Waals surface area contributed by atoms with E-state index in [4.69, 9.17) is 4.74 Å². The van der Waals surface area contributed by atoms with Gasteiger partial charge in [-0.3, -0.25) is 0 Å². The molecule has 0 saturated heterocycles. The standard InChI is InChI=1S/C16H24BrNO2S/c1-12-4-5-15(14(17)8-12)20-10-13(19)9-18-11-16(21-2)6-3-7-16/h4-5,8,13,18-19H,3,6-7,9-11H2,1-2H3. The molecule has 0 aromatic heterocycles. The molecule has 0 amide bonds. The number of rotatable bonds is 8. The molecule has 118 valence electrons. The van der Waals surface area contributed by atoms with Crippen molar-refractivity contribution in [2.75, 3.05) is 26.0 Å². The Bertz CT molecular complexity index is 460. The predicted octanol–water partition coefficient (Wildman–Crippen LogP) is 3.37. The van der Waals surface area contributed by atoms with Crippen LogP contribution in [0.15, 0.2) is 22.7 Å². The number of aliphatic hydroxyl groups is 1. The molecule has 0 spiro atoms. The molecule has 1 aromatic rings. The summed E-state index contributed by atoms with van der Waals surface area (Å²) in [6, 6.07) is 5.94. The molecule has 2 rings (SSSR count). The lowest BCUT2D eigenvalue weighted by atomic mass is 9.84. The van der Waals surface area contributed by atoms with Crippen LogP contribution in [0, 0.1) is 6.92 Å². The zero-order valence-corrected chi connectivity index (χ0v) is 15.1. The lowest BCUT2D eigenvalue weighted by molar-refractivity contribution is 0.104. The van der Waals surface area contributed by atoms with E-state index in [9.17, 15) is 5.11 Å². The van der Waals surface area contributed by atoms with Crippen LogP contribution in [0.5, 0.6) is 5.75 Å². The topological polar surface area (TPSA) is 41.5 Å². The Kier molecular flexibility index (Phi) is 6.41. The number of aryl methyl sites for hydroxylation is 1. The van der Waals surface area contributed by atoms with Crippen LogP contribution in [0.3, 0.4) is 0 Å². The third-order valence-electron chi connectivity index (χ3n) is 4.04. The Balaban J connectivity index is 1.68. The van der Waals surface area contributed by atoms with Gasteiger partial charge in [-0.05, 0) is 59.6 Å². The number of hydrogen-bond acceptors (Lipinski definition) is 4. The number of ether oxygens (including phenoxy) is 1. The molecule has 0 heterocycles. The van der Waals surface area contributed by atoms with Gasteiger partial charge < -0.3 is 15.2 Å². The fraction of sp³-hybridized carbons (Fsp3) is 0.625. The average Bonchev–Trinajstić information content (AvgIpc) is 2.41. The van der Waals surface area contributed by atoms with Gasteiger partial charge in [0, 0.05) is 17.8 Å². The van der Waals surface area contributed by atoms with Crippen molar-refractivity contribution < 1.29 is 9.84 Å². The maximum atomic E-state index is 10.0. The molecule has 1 saturated carbocycles. The van der Waals surface area contributed by atoms with Crippen LogP contribution in [0.25, 0.3) is 0 Å². The van der Waals surface area contributed by atoms with Gasteiger partial charge in [0.1, 0.15) is 18.5 Å². The second-order valence-corrected chi connectivity index (χ2v) is 7.90. The molecular formula is C16H24BrNO2S. The lowest BCUT2D eigenvalue weighted by Crippen LogP contribution is -2.45. The highest BCUT2D eigenvalue weighted by Gasteiger charge is 2.35. The summed E-state index contributed by atoms with van der Waals surface area (Å²) in [5.74, 6) is 0.777. The first kappa shape index (κ1) is 17.1. The van der Waals surface area contributed by atoms with Crippen LogP contribution in [0.2, 0.25) is 0 Å².